The lowest BCUT2D eigenvalue weighted by molar-refractivity contribution is 0.0683. The molecule has 2 aliphatic heterocycles. The highest BCUT2D eigenvalue weighted by Crippen LogP contribution is 2.43. The van der Waals surface area contributed by atoms with Crippen LogP contribution in [0.5, 0.6) is 0 Å². The highest BCUT2D eigenvalue weighted by atomic mass is 16.2. The summed E-state index contributed by atoms with van der Waals surface area (Å²) in [6, 6.07) is 10.6. The molecule has 1 saturated heterocycles. The Kier molecular flexibility index (Phi) is 3.71. The number of hydrogen-bond donors (Lipinski definition) is 1. The maximum absolute atomic E-state index is 13.0. The maximum atomic E-state index is 13.0. The molecule has 134 valence electrons. The SMILES string of the molecule is O=C(c1cc2n(n1)CCCNC2)N1CCC2(C=Cc3ccccc32)CC1. The van der Waals surface area contributed by atoms with Crippen molar-refractivity contribution in [2.45, 2.75) is 37.8 Å². The first-order valence-corrected chi connectivity index (χ1v) is 9.61. The van der Waals surface area contributed by atoms with Gasteiger partial charge in [0.15, 0.2) is 5.69 Å². The Morgan fingerprint density at radius 1 is 1.15 bits per heavy atom. The van der Waals surface area contributed by atoms with E-state index in [1.165, 1.54) is 11.1 Å². The minimum Gasteiger partial charge on any atom is -0.337 e. The Morgan fingerprint density at radius 2 is 2.00 bits per heavy atom. The van der Waals surface area contributed by atoms with Crippen LogP contribution in [0.2, 0.25) is 0 Å². The van der Waals surface area contributed by atoms with Gasteiger partial charge in [-0.15, -0.1) is 0 Å². The van der Waals surface area contributed by atoms with E-state index >= 15 is 0 Å². The number of carbonyl (C=O) groups excluding carboxylic acids is 1. The number of aromatic nitrogens is 2. The summed E-state index contributed by atoms with van der Waals surface area (Å²) in [5, 5.41) is 7.97. The molecule has 1 spiro atoms. The molecule has 1 aromatic carbocycles. The lowest BCUT2D eigenvalue weighted by Gasteiger charge is -2.39. The number of fused-ring (bicyclic) bond motifs is 3. The van der Waals surface area contributed by atoms with Crippen molar-refractivity contribution in [3.63, 3.8) is 0 Å². The van der Waals surface area contributed by atoms with Crippen LogP contribution in [0, 0.1) is 0 Å². The van der Waals surface area contributed by atoms with Crippen LogP contribution in [0.25, 0.3) is 6.08 Å². The van der Waals surface area contributed by atoms with Crippen molar-refractivity contribution >= 4 is 12.0 Å². The molecule has 1 aromatic heterocycles. The fourth-order valence-electron chi connectivity index (χ4n) is 4.61. The minimum atomic E-state index is 0.0793. The minimum absolute atomic E-state index is 0.0793. The van der Waals surface area contributed by atoms with Crippen LogP contribution in [0.4, 0.5) is 0 Å². The van der Waals surface area contributed by atoms with Crippen LogP contribution >= 0.6 is 0 Å². The number of hydrogen-bond acceptors (Lipinski definition) is 3. The van der Waals surface area contributed by atoms with E-state index in [9.17, 15) is 4.79 Å². The van der Waals surface area contributed by atoms with E-state index in [1.54, 1.807) is 0 Å². The van der Waals surface area contributed by atoms with E-state index < -0.39 is 0 Å². The molecule has 3 aliphatic rings. The van der Waals surface area contributed by atoms with Crippen LogP contribution in [-0.2, 0) is 18.5 Å². The standard InChI is InChI=1S/C21H24N4O/c26-20(19-14-17-15-22-10-3-11-25(17)23-19)24-12-8-21(9-13-24)7-6-16-4-1-2-5-18(16)21/h1-2,4-7,14,22H,3,8-13,15H2. The largest absolute Gasteiger partial charge is 0.337 e. The van der Waals surface area contributed by atoms with Crippen molar-refractivity contribution in [3.8, 4) is 0 Å². The molecular formula is C21H24N4O. The summed E-state index contributed by atoms with van der Waals surface area (Å²) >= 11 is 0. The van der Waals surface area contributed by atoms with Gasteiger partial charge in [0.1, 0.15) is 0 Å². The Bertz CT molecular complexity index is 850. The van der Waals surface area contributed by atoms with Gasteiger partial charge in [-0.3, -0.25) is 9.48 Å². The molecule has 3 heterocycles. The summed E-state index contributed by atoms with van der Waals surface area (Å²) in [4.78, 5) is 14.9. The van der Waals surface area contributed by atoms with Crippen LogP contribution in [0.15, 0.2) is 36.4 Å². The monoisotopic (exact) mass is 348 g/mol. The molecule has 0 bridgehead atoms. The molecule has 1 amide bonds. The summed E-state index contributed by atoms with van der Waals surface area (Å²) in [6.45, 7) is 4.27. The molecule has 0 radical (unpaired) electrons. The van der Waals surface area contributed by atoms with Gasteiger partial charge in [0.2, 0.25) is 0 Å². The Hall–Kier alpha value is -2.40. The van der Waals surface area contributed by atoms with Gasteiger partial charge in [-0.1, -0.05) is 36.4 Å². The smallest absolute Gasteiger partial charge is 0.274 e. The van der Waals surface area contributed by atoms with Crippen LogP contribution in [0.3, 0.4) is 0 Å². The number of benzene rings is 1. The quantitative estimate of drug-likeness (QED) is 0.862. The summed E-state index contributed by atoms with van der Waals surface area (Å²) < 4.78 is 1.99. The number of likely N-dealkylation sites (tertiary alicyclic amines) is 1. The fourth-order valence-corrected chi connectivity index (χ4v) is 4.61. The summed E-state index contributed by atoms with van der Waals surface area (Å²) in [5.74, 6) is 0.0793. The average Bonchev–Trinajstić information content (AvgIpc) is 3.17. The zero-order valence-electron chi connectivity index (χ0n) is 14.9. The molecule has 5 nitrogen and oxygen atoms in total. The first kappa shape index (κ1) is 15.8. The zero-order chi connectivity index (χ0) is 17.6. The lowest BCUT2D eigenvalue weighted by atomic mass is 9.74. The molecule has 0 saturated carbocycles. The summed E-state index contributed by atoms with van der Waals surface area (Å²) in [6.07, 6.45) is 7.62. The number of nitrogens with zero attached hydrogens (tertiary/aromatic N) is 3. The molecule has 26 heavy (non-hydrogen) atoms. The topological polar surface area (TPSA) is 50.2 Å². The molecule has 1 fully saturated rings. The first-order valence-electron chi connectivity index (χ1n) is 9.61. The number of aryl methyl sites for hydroxylation is 1. The van der Waals surface area contributed by atoms with Crippen molar-refractivity contribution in [1.29, 1.82) is 0 Å². The summed E-state index contributed by atoms with van der Waals surface area (Å²) in [5.41, 5.74) is 4.58. The Labute approximate surface area is 153 Å². The molecular weight excluding hydrogens is 324 g/mol. The zero-order valence-corrected chi connectivity index (χ0v) is 14.9. The van der Waals surface area contributed by atoms with Crippen molar-refractivity contribution < 1.29 is 4.79 Å². The second-order valence-electron chi connectivity index (χ2n) is 7.64. The third-order valence-corrected chi connectivity index (χ3v) is 6.13. The molecule has 5 heteroatoms. The van der Waals surface area contributed by atoms with Crippen LogP contribution in [-0.4, -0.2) is 40.2 Å². The van der Waals surface area contributed by atoms with Crippen LogP contribution < -0.4 is 5.32 Å². The van der Waals surface area contributed by atoms with Crippen molar-refractivity contribution in [2.75, 3.05) is 19.6 Å². The molecule has 1 aliphatic carbocycles. The highest BCUT2D eigenvalue weighted by molar-refractivity contribution is 5.92. The van der Waals surface area contributed by atoms with Gasteiger partial charge in [-0.25, -0.2) is 0 Å². The molecule has 0 unspecified atom stereocenters. The number of piperidine rings is 1. The van der Waals surface area contributed by atoms with Gasteiger partial charge in [-0.2, -0.15) is 5.10 Å². The molecule has 2 aromatic rings. The third-order valence-electron chi connectivity index (χ3n) is 6.13. The predicted octanol–water partition coefficient (Wildman–Crippen LogP) is 2.58. The van der Waals surface area contributed by atoms with E-state index in [0.717, 1.165) is 57.7 Å². The third kappa shape index (κ3) is 2.50. The Morgan fingerprint density at radius 3 is 2.88 bits per heavy atom. The van der Waals surface area contributed by atoms with Gasteiger partial charge >= 0.3 is 0 Å². The van der Waals surface area contributed by atoms with Gasteiger partial charge in [0.25, 0.3) is 5.91 Å². The highest BCUT2D eigenvalue weighted by Gasteiger charge is 2.39. The van der Waals surface area contributed by atoms with Gasteiger partial charge in [-0.05, 0) is 43.0 Å². The van der Waals surface area contributed by atoms with Crippen LogP contribution in [0.1, 0.15) is 46.6 Å². The fraction of sp³-hybridized carbons (Fsp3) is 0.429. The van der Waals surface area contributed by atoms with Crippen molar-refractivity contribution in [1.82, 2.24) is 20.0 Å². The van der Waals surface area contributed by atoms with E-state index in [-0.39, 0.29) is 11.3 Å². The van der Waals surface area contributed by atoms with E-state index in [2.05, 4.69) is 46.8 Å². The normalized spacial score (nSPS) is 20.7. The number of nitrogens with one attached hydrogen (secondary N) is 1. The van der Waals surface area contributed by atoms with Crippen molar-refractivity contribution in [2.24, 2.45) is 0 Å². The first-order chi connectivity index (χ1) is 12.8. The van der Waals surface area contributed by atoms with Gasteiger partial charge in [0.05, 0.1) is 5.69 Å². The molecule has 5 rings (SSSR count). The number of rotatable bonds is 1. The molecule has 1 N–H and O–H groups in total. The second-order valence-corrected chi connectivity index (χ2v) is 7.64. The van der Waals surface area contributed by atoms with Gasteiger partial charge < -0.3 is 10.2 Å². The van der Waals surface area contributed by atoms with E-state index in [4.69, 9.17) is 0 Å². The average molecular weight is 348 g/mol. The van der Waals surface area contributed by atoms with E-state index in [1.807, 2.05) is 15.6 Å². The lowest BCUT2D eigenvalue weighted by Crippen LogP contribution is -2.44. The second kappa shape index (κ2) is 6.09. The number of allylic oxidation sites excluding steroid dienone is 1. The molecule has 0 atom stereocenters. The maximum Gasteiger partial charge on any atom is 0.274 e. The van der Waals surface area contributed by atoms with Crippen molar-refractivity contribution in [3.05, 3.63) is 58.9 Å². The number of amides is 1. The predicted molar refractivity (Wildman–Crippen MR) is 101 cm³/mol. The summed E-state index contributed by atoms with van der Waals surface area (Å²) in [7, 11) is 0. The van der Waals surface area contributed by atoms with E-state index in [0.29, 0.717) is 5.69 Å². The Balaban J connectivity index is 1.32. The number of carbonyl (C=O) groups is 1. The van der Waals surface area contributed by atoms with Gasteiger partial charge in [0, 0.05) is 31.6 Å².